The van der Waals surface area contributed by atoms with Gasteiger partial charge in [-0.25, -0.2) is 4.79 Å². The van der Waals surface area contributed by atoms with Gasteiger partial charge in [-0.2, -0.15) is 0 Å². The number of carbonyl (C=O) groups excluding carboxylic acids is 1. The van der Waals surface area contributed by atoms with E-state index in [9.17, 15) is 4.79 Å². The van der Waals surface area contributed by atoms with E-state index < -0.39 is 0 Å². The van der Waals surface area contributed by atoms with Gasteiger partial charge in [0.2, 0.25) is 0 Å². The van der Waals surface area contributed by atoms with Gasteiger partial charge >= 0.3 is 6.03 Å². The standard InChI is InChI=1S/C13H19N3O2/c1-10(11-5-6-14-9-12(11)18-2)15-13(17)16-7-3-4-8-16/h5-6,9-10H,3-4,7-8H2,1-2H3,(H,15,17)/t10-/m1/s1. The average Bonchev–Trinajstić information content (AvgIpc) is 2.92. The molecule has 1 aliphatic rings. The number of nitrogens with one attached hydrogen (secondary N) is 1. The van der Waals surface area contributed by atoms with Gasteiger partial charge in [0, 0.05) is 24.8 Å². The van der Waals surface area contributed by atoms with Crippen molar-refractivity contribution in [3.05, 3.63) is 24.0 Å². The molecule has 0 spiro atoms. The first-order valence-electron chi connectivity index (χ1n) is 6.25. The fourth-order valence-corrected chi connectivity index (χ4v) is 2.19. The predicted molar refractivity (Wildman–Crippen MR) is 68.5 cm³/mol. The van der Waals surface area contributed by atoms with Crippen molar-refractivity contribution in [3.8, 4) is 5.75 Å². The van der Waals surface area contributed by atoms with Crippen LogP contribution in [0.25, 0.3) is 0 Å². The number of amides is 2. The summed E-state index contributed by atoms with van der Waals surface area (Å²) in [5.74, 6) is 0.701. The van der Waals surface area contributed by atoms with E-state index in [-0.39, 0.29) is 12.1 Å². The summed E-state index contributed by atoms with van der Waals surface area (Å²) in [6.07, 6.45) is 5.56. The zero-order chi connectivity index (χ0) is 13.0. The van der Waals surface area contributed by atoms with Gasteiger partial charge in [-0.3, -0.25) is 4.98 Å². The van der Waals surface area contributed by atoms with Crippen LogP contribution in [0.2, 0.25) is 0 Å². The molecule has 98 valence electrons. The van der Waals surface area contributed by atoms with Crippen LogP contribution in [-0.2, 0) is 0 Å². The van der Waals surface area contributed by atoms with Crippen molar-refractivity contribution in [2.75, 3.05) is 20.2 Å². The molecule has 0 aromatic carbocycles. The Morgan fingerprint density at radius 3 is 2.89 bits per heavy atom. The van der Waals surface area contributed by atoms with E-state index in [2.05, 4.69) is 10.3 Å². The summed E-state index contributed by atoms with van der Waals surface area (Å²) in [4.78, 5) is 17.8. The number of aromatic nitrogens is 1. The number of carbonyl (C=O) groups is 1. The summed E-state index contributed by atoms with van der Waals surface area (Å²) < 4.78 is 5.25. The predicted octanol–water partition coefficient (Wildman–Crippen LogP) is 1.96. The molecule has 2 rings (SSSR count). The van der Waals surface area contributed by atoms with E-state index in [0.717, 1.165) is 31.5 Å². The van der Waals surface area contributed by atoms with Crippen LogP contribution in [0.4, 0.5) is 4.79 Å². The van der Waals surface area contributed by atoms with Crippen LogP contribution in [0.5, 0.6) is 5.75 Å². The summed E-state index contributed by atoms with van der Waals surface area (Å²) in [5.41, 5.74) is 0.944. The number of urea groups is 1. The first-order chi connectivity index (χ1) is 8.72. The molecule has 1 aromatic heterocycles. The quantitative estimate of drug-likeness (QED) is 0.891. The van der Waals surface area contributed by atoms with Crippen LogP contribution in [0.1, 0.15) is 31.4 Å². The van der Waals surface area contributed by atoms with Crippen molar-refractivity contribution in [3.63, 3.8) is 0 Å². The highest BCUT2D eigenvalue weighted by Crippen LogP contribution is 2.23. The fraction of sp³-hybridized carbons (Fsp3) is 0.538. The van der Waals surface area contributed by atoms with Crippen molar-refractivity contribution in [1.82, 2.24) is 15.2 Å². The third-order valence-electron chi connectivity index (χ3n) is 3.24. The number of rotatable bonds is 3. The molecule has 1 atom stereocenters. The van der Waals surface area contributed by atoms with Gasteiger partial charge in [0.1, 0.15) is 5.75 Å². The third-order valence-corrected chi connectivity index (χ3v) is 3.24. The molecule has 1 saturated heterocycles. The molecule has 1 aliphatic heterocycles. The summed E-state index contributed by atoms with van der Waals surface area (Å²) in [7, 11) is 1.61. The lowest BCUT2D eigenvalue weighted by Gasteiger charge is -2.21. The lowest BCUT2D eigenvalue weighted by molar-refractivity contribution is 0.205. The van der Waals surface area contributed by atoms with Crippen molar-refractivity contribution >= 4 is 6.03 Å². The maximum absolute atomic E-state index is 12.0. The Labute approximate surface area is 107 Å². The molecule has 0 radical (unpaired) electrons. The number of nitrogens with zero attached hydrogens (tertiary/aromatic N) is 2. The summed E-state index contributed by atoms with van der Waals surface area (Å²) >= 11 is 0. The van der Waals surface area contributed by atoms with Gasteiger partial charge in [-0.15, -0.1) is 0 Å². The van der Waals surface area contributed by atoms with Gasteiger partial charge in [0.15, 0.2) is 0 Å². The van der Waals surface area contributed by atoms with Gasteiger partial charge in [-0.05, 0) is 25.8 Å². The summed E-state index contributed by atoms with van der Waals surface area (Å²) in [5, 5.41) is 2.99. The topological polar surface area (TPSA) is 54.5 Å². The minimum absolute atomic E-state index is 0.00105. The molecule has 1 N–H and O–H groups in total. The molecule has 2 amide bonds. The molecular formula is C13H19N3O2. The largest absolute Gasteiger partial charge is 0.495 e. The Morgan fingerprint density at radius 2 is 2.22 bits per heavy atom. The maximum atomic E-state index is 12.0. The molecule has 18 heavy (non-hydrogen) atoms. The Kier molecular flexibility index (Phi) is 4.02. The minimum atomic E-state index is -0.0870. The molecule has 0 bridgehead atoms. The Morgan fingerprint density at radius 1 is 1.50 bits per heavy atom. The first kappa shape index (κ1) is 12.7. The van der Waals surface area contributed by atoms with Crippen LogP contribution in [0.15, 0.2) is 18.5 Å². The molecule has 5 heteroatoms. The summed E-state index contributed by atoms with van der Waals surface area (Å²) in [6, 6.07) is 1.78. The van der Waals surface area contributed by atoms with Crippen molar-refractivity contribution in [2.24, 2.45) is 0 Å². The number of likely N-dealkylation sites (tertiary alicyclic amines) is 1. The second kappa shape index (κ2) is 5.71. The number of hydrogen-bond acceptors (Lipinski definition) is 3. The van der Waals surface area contributed by atoms with Crippen molar-refractivity contribution in [1.29, 1.82) is 0 Å². The molecule has 0 unspecified atom stereocenters. The number of ether oxygens (including phenoxy) is 1. The SMILES string of the molecule is COc1cnccc1[C@@H](C)NC(=O)N1CCCC1. The van der Waals surface area contributed by atoms with E-state index in [4.69, 9.17) is 4.74 Å². The van der Waals surface area contributed by atoms with E-state index in [1.54, 1.807) is 19.5 Å². The van der Waals surface area contributed by atoms with E-state index in [0.29, 0.717) is 5.75 Å². The Balaban J connectivity index is 2.02. The first-order valence-corrected chi connectivity index (χ1v) is 6.25. The van der Waals surface area contributed by atoms with Gasteiger partial charge in [0.25, 0.3) is 0 Å². The number of pyridine rings is 1. The van der Waals surface area contributed by atoms with Gasteiger partial charge in [0.05, 0.1) is 19.3 Å². The van der Waals surface area contributed by atoms with Crippen LogP contribution >= 0.6 is 0 Å². The second-order valence-electron chi connectivity index (χ2n) is 4.48. The lowest BCUT2D eigenvalue weighted by Crippen LogP contribution is -2.39. The second-order valence-corrected chi connectivity index (χ2v) is 4.48. The smallest absolute Gasteiger partial charge is 0.317 e. The Bertz CT molecular complexity index is 416. The zero-order valence-corrected chi connectivity index (χ0v) is 10.8. The van der Waals surface area contributed by atoms with Crippen LogP contribution in [0.3, 0.4) is 0 Å². The molecule has 1 fully saturated rings. The van der Waals surface area contributed by atoms with Crippen molar-refractivity contribution in [2.45, 2.75) is 25.8 Å². The lowest BCUT2D eigenvalue weighted by atomic mass is 10.1. The minimum Gasteiger partial charge on any atom is -0.495 e. The molecular weight excluding hydrogens is 230 g/mol. The summed E-state index contributed by atoms with van der Waals surface area (Å²) in [6.45, 7) is 3.66. The highest BCUT2D eigenvalue weighted by molar-refractivity contribution is 5.75. The van der Waals surface area contributed by atoms with Crippen LogP contribution < -0.4 is 10.1 Å². The maximum Gasteiger partial charge on any atom is 0.317 e. The van der Waals surface area contributed by atoms with E-state index in [1.165, 1.54) is 0 Å². The highest BCUT2D eigenvalue weighted by Gasteiger charge is 2.20. The molecule has 0 aliphatic carbocycles. The highest BCUT2D eigenvalue weighted by atomic mass is 16.5. The fourth-order valence-electron chi connectivity index (χ4n) is 2.19. The zero-order valence-electron chi connectivity index (χ0n) is 10.8. The van der Waals surface area contributed by atoms with E-state index >= 15 is 0 Å². The molecule has 2 heterocycles. The average molecular weight is 249 g/mol. The molecule has 0 saturated carbocycles. The van der Waals surface area contributed by atoms with Gasteiger partial charge in [-0.1, -0.05) is 0 Å². The molecule has 1 aromatic rings. The van der Waals surface area contributed by atoms with Crippen LogP contribution in [-0.4, -0.2) is 36.1 Å². The van der Waals surface area contributed by atoms with Crippen molar-refractivity contribution < 1.29 is 9.53 Å². The van der Waals surface area contributed by atoms with E-state index in [1.807, 2.05) is 17.9 Å². The third kappa shape index (κ3) is 2.72. The van der Waals surface area contributed by atoms with Gasteiger partial charge < -0.3 is 15.0 Å². The number of methoxy groups -OCH3 is 1. The number of hydrogen-bond donors (Lipinski definition) is 1. The molecule has 5 nitrogen and oxygen atoms in total. The normalized spacial score (nSPS) is 16.4. The van der Waals surface area contributed by atoms with Crippen LogP contribution in [0, 0.1) is 0 Å². The monoisotopic (exact) mass is 249 g/mol. The Hall–Kier alpha value is -1.78.